The van der Waals surface area contributed by atoms with Crippen LogP contribution in [0.2, 0.25) is 0 Å². The maximum Gasteiger partial charge on any atom is 0.266 e. The number of piperazine rings is 1. The highest BCUT2D eigenvalue weighted by atomic mass is 32.1. The molecule has 0 atom stereocenters. The highest BCUT2D eigenvalue weighted by molar-refractivity contribution is 7.16. The second kappa shape index (κ2) is 7.43. The summed E-state index contributed by atoms with van der Waals surface area (Å²) in [4.78, 5) is 26.6. The van der Waals surface area contributed by atoms with E-state index in [0.717, 1.165) is 55.0 Å². The molecule has 0 aliphatic carbocycles. The van der Waals surface area contributed by atoms with Gasteiger partial charge < -0.3 is 14.0 Å². The van der Waals surface area contributed by atoms with Crippen LogP contribution in [0.15, 0.2) is 43.2 Å². The first kappa shape index (κ1) is 17.0. The molecule has 0 unspecified atom stereocenters. The van der Waals surface area contributed by atoms with Crippen LogP contribution in [0, 0.1) is 6.92 Å². The summed E-state index contributed by atoms with van der Waals surface area (Å²) in [5.41, 5.74) is 0.811. The van der Waals surface area contributed by atoms with Gasteiger partial charge in [0.05, 0.1) is 12.0 Å². The lowest BCUT2D eigenvalue weighted by Crippen LogP contribution is -2.49. The summed E-state index contributed by atoms with van der Waals surface area (Å²) in [7, 11) is 0. The lowest BCUT2D eigenvalue weighted by atomic mass is 10.2. The maximum absolute atomic E-state index is 12.9. The SMILES string of the molecule is Cc1nc(-n2cccc2)sc1C(=O)N1CCN(CCn2ccnc2)CC1. The molecular weight excluding hydrogens is 348 g/mol. The fourth-order valence-corrected chi connectivity index (χ4v) is 4.15. The van der Waals surface area contributed by atoms with Gasteiger partial charge in [-0.15, -0.1) is 0 Å². The van der Waals surface area contributed by atoms with Crippen LogP contribution in [0.5, 0.6) is 0 Å². The van der Waals surface area contributed by atoms with E-state index in [9.17, 15) is 4.79 Å². The molecule has 1 aliphatic heterocycles. The third kappa shape index (κ3) is 3.56. The highest BCUT2D eigenvalue weighted by Crippen LogP contribution is 2.23. The van der Waals surface area contributed by atoms with E-state index in [4.69, 9.17) is 0 Å². The predicted octanol–water partition coefficient (Wildman–Crippen LogP) is 1.90. The fourth-order valence-electron chi connectivity index (χ4n) is 3.15. The van der Waals surface area contributed by atoms with Crippen molar-refractivity contribution in [1.82, 2.24) is 28.9 Å². The molecule has 0 saturated carbocycles. The molecule has 1 fully saturated rings. The average Bonchev–Trinajstić information content (AvgIpc) is 3.41. The van der Waals surface area contributed by atoms with Gasteiger partial charge in [0.15, 0.2) is 5.13 Å². The number of carbonyl (C=O) groups is 1. The Hall–Kier alpha value is -2.45. The van der Waals surface area contributed by atoms with Crippen molar-refractivity contribution >= 4 is 17.2 Å². The van der Waals surface area contributed by atoms with Gasteiger partial charge in [0, 0.05) is 64.1 Å². The van der Waals surface area contributed by atoms with Crippen molar-refractivity contribution in [3.8, 4) is 5.13 Å². The maximum atomic E-state index is 12.9. The third-order valence-electron chi connectivity index (χ3n) is 4.70. The van der Waals surface area contributed by atoms with Gasteiger partial charge in [0.2, 0.25) is 0 Å². The molecule has 0 radical (unpaired) electrons. The molecule has 1 amide bonds. The first-order chi connectivity index (χ1) is 12.7. The van der Waals surface area contributed by atoms with Gasteiger partial charge in [-0.05, 0) is 19.1 Å². The van der Waals surface area contributed by atoms with Gasteiger partial charge in [0.25, 0.3) is 5.91 Å². The Morgan fingerprint density at radius 3 is 2.58 bits per heavy atom. The van der Waals surface area contributed by atoms with Crippen LogP contribution < -0.4 is 0 Å². The van der Waals surface area contributed by atoms with Crippen molar-refractivity contribution in [3.63, 3.8) is 0 Å². The minimum Gasteiger partial charge on any atom is -0.336 e. The topological polar surface area (TPSA) is 59.2 Å². The standard InChI is InChI=1S/C18H22N6OS/c1-15-16(26-18(20-15)24-5-2-3-6-24)17(25)23-12-10-21(11-13-23)8-9-22-7-4-19-14-22/h2-7,14H,8-13H2,1H3. The van der Waals surface area contributed by atoms with Crippen molar-refractivity contribution in [2.45, 2.75) is 13.5 Å². The van der Waals surface area contributed by atoms with Crippen LogP contribution in [0.3, 0.4) is 0 Å². The van der Waals surface area contributed by atoms with Crippen LogP contribution in [0.1, 0.15) is 15.4 Å². The number of nitrogens with zero attached hydrogens (tertiary/aromatic N) is 6. The molecule has 7 nitrogen and oxygen atoms in total. The Balaban J connectivity index is 1.35. The summed E-state index contributed by atoms with van der Waals surface area (Å²) in [5, 5.41) is 0.842. The first-order valence-electron chi connectivity index (χ1n) is 8.79. The van der Waals surface area contributed by atoms with E-state index >= 15 is 0 Å². The number of imidazole rings is 1. The second-order valence-electron chi connectivity index (χ2n) is 6.44. The summed E-state index contributed by atoms with van der Waals surface area (Å²) in [6.45, 7) is 7.17. The normalized spacial score (nSPS) is 15.5. The van der Waals surface area contributed by atoms with E-state index in [-0.39, 0.29) is 5.91 Å². The molecule has 0 aromatic carbocycles. The van der Waals surface area contributed by atoms with E-state index in [2.05, 4.69) is 19.4 Å². The predicted molar refractivity (Wildman–Crippen MR) is 101 cm³/mol. The summed E-state index contributed by atoms with van der Waals surface area (Å²) < 4.78 is 4.03. The Bertz CT molecular complexity index is 847. The molecule has 0 spiro atoms. The molecule has 0 bridgehead atoms. The highest BCUT2D eigenvalue weighted by Gasteiger charge is 2.25. The molecule has 1 aliphatic rings. The minimum atomic E-state index is 0.104. The molecular formula is C18H22N6OS. The van der Waals surface area contributed by atoms with Gasteiger partial charge in [0.1, 0.15) is 4.88 Å². The number of carbonyl (C=O) groups excluding carboxylic acids is 1. The van der Waals surface area contributed by atoms with Crippen LogP contribution >= 0.6 is 11.3 Å². The van der Waals surface area contributed by atoms with E-state index in [1.54, 1.807) is 6.20 Å². The number of rotatable bonds is 5. The lowest BCUT2D eigenvalue weighted by molar-refractivity contribution is 0.0637. The number of hydrogen-bond donors (Lipinski definition) is 0. The summed E-state index contributed by atoms with van der Waals surface area (Å²) >= 11 is 1.47. The Kier molecular flexibility index (Phi) is 4.85. The van der Waals surface area contributed by atoms with Crippen LogP contribution in [-0.2, 0) is 6.54 Å². The number of amides is 1. The third-order valence-corrected chi connectivity index (χ3v) is 5.86. The van der Waals surface area contributed by atoms with Crippen LogP contribution in [0.25, 0.3) is 5.13 Å². The van der Waals surface area contributed by atoms with Crippen molar-refractivity contribution in [3.05, 3.63) is 53.8 Å². The molecule has 1 saturated heterocycles. The Morgan fingerprint density at radius 2 is 1.88 bits per heavy atom. The Labute approximate surface area is 156 Å². The molecule has 0 N–H and O–H groups in total. The number of aryl methyl sites for hydroxylation is 1. The van der Waals surface area contributed by atoms with Crippen molar-refractivity contribution in [2.24, 2.45) is 0 Å². The van der Waals surface area contributed by atoms with Crippen molar-refractivity contribution < 1.29 is 4.79 Å². The largest absolute Gasteiger partial charge is 0.336 e. The zero-order valence-electron chi connectivity index (χ0n) is 14.8. The zero-order valence-corrected chi connectivity index (χ0v) is 15.6. The monoisotopic (exact) mass is 370 g/mol. The summed E-state index contributed by atoms with van der Waals surface area (Å²) in [6, 6.07) is 3.92. The molecule has 26 heavy (non-hydrogen) atoms. The van der Waals surface area contributed by atoms with Gasteiger partial charge >= 0.3 is 0 Å². The number of aromatic nitrogens is 4. The fraction of sp³-hybridized carbons (Fsp3) is 0.389. The quantitative estimate of drug-likeness (QED) is 0.688. The number of hydrogen-bond acceptors (Lipinski definition) is 5. The molecule has 4 heterocycles. The molecule has 3 aromatic rings. The van der Waals surface area contributed by atoms with Gasteiger partial charge in [-0.25, -0.2) is 9.97 Å². The van der Waals surface area contributed by atoms with Crippen LogP contribution in [0.4, 0.5) is 0 Å². The van der Waals surface area contributed by atoms with E-state index < -0.39 is 0 Å². The van der Waals surface area contributed by atoms with E-state index in [0.29, 0.717) is 0 Å². The van der Waals surface area contributed by atoms with Gasteiger partial charge in [-0.3, -0.25) is 9.69 Å². The lowest BCUT2D eigenvalue weighted by Gasteiger charge is -2.34. The second-order valence-corrected chi connectivity index (χ2v) is 7.41. The van der Waals surface area contributed by atoms with Crippen LogP contribution in [-0.4, -0.2) is 67.5 Å². The smallest absolute Gasteiger partial charge is 0.266 e. The molecule has 8 heteroatoms. The summed E-state index contributed by atoms with van der Waals surface area (Å²) in [6.07, 6.45) is 9.52. The minimum absolute atomic E-state index is 0.104. The van der Waals surface area contributed by atoms with Gasteiger partial charge in [-0.1, -0.05) is 11.3 Å². The van der Waals surface area contributed by atoms with Gasteiger partial charge in [-0.2, -0.15) is 0 Å². The summed E-state index contributed by atoms with van der Waals surface area (Å²) in [5.74, 6) is 0.104. The average molecular weight is 370 g/mol. The van der Waals surface area contributed by atoms with Crippen molar-refractivity contribution in [2.75, 3.05) is 32.7 Å². The zero-order chi connectivity index (χ0) is 17.9. The molecule has 3 aromatic heterocycles. The van der Waals surface area contributed by atoms with Crippen molar-refractivity contribution in [1.29, 1.82) is 0 Å². The molecule has 4 rings (SSSR count). The van der Waals surface area contributed by atoms with E-state index in [1.165, 1.54) is 11.3 Å². The number of thiazole rings is 1. The Morgan fingerprint density at radius 1 is 1.12 bits per heavy atom. The molecule has 136 valence electrons. The van der Waals surface area contributed by atoms with E-state index in [1.807, 2.05) is 53.4 Å². The first-order valence-corrected chi connectivity index (χ1v) is 9.60.